The SMILES string of the molecule is Cc1nc(C)n(CC(=O)Nc2nnc(CCN3CCOCC3)s2)n1. The molecule has 10 heteroatoms. The Kier molecular flexibility index (Phi) is 5.48. The van der Waals surface area contributed by atoms with Gasteiger partial charge in [-0.25, -0.2) is 9.67 Å². The minimum atomic E-state index is -0.182. The number of anilines is 1. The van der Waals surface area contributed by atoms with Crippen molar-refractivity contribution in [2.45, 2.75) is 26.8 Å². The van der Waals surface area contributed by atoms with Crippen molar-refractivity contribution in [1.29, 1.82) is 0 Å². The second-order valence-electron chi connectivity index (χ2n) is 5.62. The maximum atomic E-state index is 12.1. The Bertz CT molecular complexity index is 693. The van der Waals surface area contributed by atoms with Crippen LogP contribution in [0.15, 0.2) is 0 Å². The number of aromatic nitrogens is 5. The van der Waals surface area contributed by atoms with E-state index in [4.69, 9.17) is 4.74 Å². The highest BCUT2D eigenvalue weighted by atomic mass is 32.1. The minimum absolute atomic E-state index is 0.120. The van der Waals surface area contributed by atoms with E-state index >= 15 is 0 Å². The smallest absolute Gasteiger partial charge is 0.248 e. The molecule has 1 aliphatic rings. The molecule has 9 nitrogen and oxygen atoms in total. The molecule has 0 atom stereocenters. The highest BCUT2D eigenvalue weighted by Gasteiger charge is 2.14. The van der Waals surface area contributed by atoms with Gasteiger partial charge in [0, 0.05) is 26.1 Å². The van der Waals surface area contributed by atoms with Gasteiger partial charge in [-0.1, -0.05) is 11.3 Å². The van der Waals surface area contributed by atoms with E-state index in [9.17, 15) is 4.79 Å². The van der Waals surface area contributed by atoms with E-state index in [0.29, 0.717) is 16.8 Å². The first-order valence-electron chi connectivity index (χ1n) is 7.90. The van der Waals surface area contributed by atoms with Gasteiger partial charge in [0.2, 0.25) is 11.0 Å². The molecule has 3 rings (SSSR count). The maximum absolute atomic E-state index is 12.1. The van der Waals surface area contributed by atoms with Gasteiger partial charge in [-0.05, 0) is 13.8 Å². The molecule has 0 unspecified atom stereocenters. The molecule has 2 aromatic heterocycles. The predicted molar refractivity (Wildman–Crippen MR) is 89.0 cm³/mol. The van der Waals surface area contributed by atoms with E-state index in [1.807, 2.05) is 6.92 Å². The Hall–Kier alpha value is -1.91. The van der Waals surface area contributed by atoms with Crippen molar-refractivity contribution in [1.82, 2.24) is 29.9 Å². The lowest BCUT2D eigenvalue weighted by Crippen LogP contribution is -2.37. The van der Waals surface area contributed by atoms with E-state index in [1.165, 1.54) is 11.3 Å². The Morgan fingerprint density at radius 1 is 1.29 bits per heavy atom. The van der Waals surface area contributed by atoms with Gasteiger partial charge in [-0.2, -0.15) is 5.10 Å². The highest BCUT2D eigenvalue weighted by molar-refractivity contribution is 7.15. The van der Waals surface area contributed by atoms with Crippen molar-refractivity contribution in [3.05, 3.63) is 16.7 Å². The first kappa shape index (κ1) is 16.9. The molecule has 1 fully saturated rings. The number of nitrogens with one attached hydrogen (secondary N) is 1. The van der Waals surface area contributed by atoms with Crippen LogP contribution in [0.5, 0.6) is 0 Å². The molecule has 0 radical (unpaired) electrons. The van der Waals surface area contributed by atoms with Crippen LogP contribution in [-0.4, -0.2) is 68.6 Å². The van der Waals surface area contributed by atoms with Crippen LogP contribution in [0.3, 0.4) is 0 Å². The zero-order valence-corrected chi connectivity index (χ0v) is 14.7. The van der Waals surface area contributed by atoms with E-state index in [1.54, 1.807) is 11.6 Å². The summed E-state index contributed by atoms with van der Waals surface area (Å²) in [6.07, 6.45) is 0.828. The van der Waals surface area contributed by atoms with E-state index in [-0.39, 0.29) is 12.5 Å². The monoisotopic (exact) mass is 351 g/mol. The Balaban J connectivity index is 1.48. The average Bonchev–Trinajstić information content (AvgIpc) is 3.12. The van der Waals surface area contributed by atoms with Crippen LogP contribution in [0.2, 0.25) is 0 Å². The fourth-order valence-corrected chi connectivity index (χ4v) is 3.23. The first-order valence-corrected chi connectivity index (χ1v) is 8.72. The summed E-state index contributed by atoms with van der Waals surface area (Å²) >= 11 is 1.41. The molecule has 0 aromatic carbocycles. The highest BCUT2D eigenvalue weighted by Crippen LogP contribution is 2.16. The third-order valence-electron chi connectivity index (χ3n) is 3.71. The largest absolute Gasteiger partial charge is 0.379 e. The zero-order valence-electron chi connectivity index (χ0n) is 13.9. The number of aryl methyl sites for hydroxylation is 2. The molecule has 1 aliphatic heterocycles. The van der Waals surface area contributed by atoms with E-state index in [0.717, 1.165) is 44.3 Å². The van der Waals surface area contributed by atoms with Gasteiger partial charge in [-0.3, -0.25) is 15.0 Å². The average molecular weight is 351 g/mol. The molecule has 3 heterocycles. The lowest BCUT2D eigenvalue weighted by atomic mass is 10.3. The van der Waals surface area contributed by atoms with Crippen LogP contribution in [-0.2, 0) is 22.5 Å². The number of hydrogen-bond acceptors (Lipinski definition) is 8. The van der Waals surface area contributed by atoms with Crippen LogP contribution >= 0.6 is 11.3 Å². The van der Waals surface area contributed by atoms with E-state index < -0.39 is 0 Å². The maximum Gasteiger partial charge on any atom is 0.248 e. The van der Waals surface area contributed by atoms with Crippen LogP contribution in [0, 0.1) is 13.8 Å². The van der Waals surface area contributed by atoms with Gasteiger partial charge in [0.25, 0.3) is 0 Å². The molecule has 1 saturated heterocycles. The number of hydrogen-bond donors (Lipinski definition) is 1. The summed E-state index contributed by atoms with van der Waals surface area (Å²) in [5.74, 6) is 1.19. The summed E-state index contributed by atoms with van der Waals surface area (Å²) in [4.78, 5) is 18.6. The molecule has 0 aliphatic carbocycles. The van der Waals surface area contributed by atoms with Crippen molar-refractivity contribution < 1.29 is 9.53 Å². The zero-order chi connectivity index (χ0) is 16.9. The van der Waals surface area contributed by atoms with Gasteiger partial charge in [0.1, 0.15) is 23.2 Å². The summed E-state index contributed by atoms with van der Waals surface area (Å²) in [7, 11) is 0. The van der Waals surface area contributed by atoms with Gasteiger partial charge < -0.3 is 4.74 Å². The molecular weight excluding hydrogens is 330 g/mol. The van der Waals surface area contributed by atoms with Gasteiger partial charge in [0.15, 0.2) is 0 Å². The number of ether oxygens (including phenoxy) is 1. The summed E-state index contributed by atoms with van der Waals surface area (Å²) in [5, 5.41) is 16.6. The van der Waals surface area contributed by atoms with Gasteiger partial charge in [0.05, 0.1) is 13.2 Å². The van der Waals surface area contributed by atoms with Gasteiger partial charge in [-0.15, -0.1) is 10.2 Å². The molecule has 1 N–H and O–H groups in total. The molecule has 130 valence electrons. The fraction of sp³-hybridized carbons (Fsp3) is 0.643. The van der Waals surface area contributed by atoms with Gasteiger partial charge >= 0.3 is 0 Å². The van der Waals surface area contributed by atoms with Crippen molar-refractivity contribution in [3.63, 3.8) is 0 Å². The molecule has 2 aromatic rings. The Morgan fingerprint density at radius 3 is 2.79 bits per heavy atom. The van der Waals surface area contributed by atoms with Crippen molar-refractivity contribution in [3.8, 4) is 0 Å². The van der Waals surface area contributed by atoms with Crippen LogP contribution in [0.25, 0.3) is 0 Å². The lowest BCUT2D eigenvalue weighted by molar-refractivity contribution is -0.116. The second-order valence-corrected chi connectivity index (χ2v) is 6.68. The molecule has 0 bridgehead atoms. The number of amides is 1. The van der Waals surface area contributed by atoms with Crippen LogP contribution in [0.4, 0.5) is 5.13 Å². The summed E-state index contributed by atoms with van der Waals surface area (Å²) in [6.45, 7) is 8.17. The predicted octanol–water partition coefficient (Wildman–Crippen LogP) is 0.260. The fourth-order valence-electron chi connectivity index (χ4n) is 2.49. The first-order chi connectivity index (χ1) is 11.6. The lowest BCUT2D eigenvalue weighted by Gasteiger charge is -2.25. The number of rotatable bonds is 6. The van der Waals surface area contributed by atoms with Crippen molar-refractivity contribution >= 4 is 22.4 Å². The standard InChI is InChI=1S/C14H21N7O2S/c1-10-15-11(2)21(19-10)9-12(22)16-14-18-17-13(24-14)3-4-20-5-7-23-8-6-20/h3-9H2,1-2H3,(H,16,18,22). The molecule has 1 amide bonds. The number of carbonyl (C=O) groups excluding carboxylic acids is 1. The van der Waals surface area contributed by atoms with Crippen LogP contribution < -0.4 is 5.32 Å². The molecule has 0 saturated carbocycles. The summed E-state index contributed by atoms with van der Waals surface area (Å²) < 4.78 is 6.91. The Labute approximate surface area is 144 Å². The second kappa shape index (κ2) is 7.77. The number of nitrogens with zero attached hydrogens (tertiary/aromatic N) is 6. The molecule has 0 spiro atoms. The quantitative estimate of drug-likeness (QED) is 0.797. The molecular formula is C14H21N7O2S. The third kappa shape index (κ3) is 4.56. The van der Waals surface area contributed by atoms with Crippen LogP contribution in [0.1, 0.15) is 16.7 Å². The molecule has 24 heavy (non-hydrogen) atoms. The number of morpholine rings is 1. The van der Waals surface area contributed by atoms with Crippen molar-refractivity contribution in [2.24, 2.45) is 0 Å². The topological polar surface area (TPSA) is 98.1 Å². The van der Waals surface area contributed by atoms with Crippen molar-refractivity contribution in [2.75, 3.05) is 38.2 Å². The summed E-state index contributed by atoms with van der Waals surface area (Å²) in [6, 6.07) is 0. The third-order valence-corrected chi connectivity index (χ3v) is 4.61. The minimum Gasteiger partial charge on any atom is -0.379 e. The summed E-state index contributed by atoms with van der Waals surface area (Å²) in [5.41, 5.74) is 0. The number of carbonyl (C=O) groups is 1. The Morgan fingerprint density at radius 2 is 2.08 bits per heavy atom. The normalized spacial score (nSPS) is 15.6. The van der Waals surface area contributed by atoms with E-state index in [2.05, 4.69) is 30.5 Å².